The molecule has 1 aromatic heterocycles. The number of hydrogen-bond donors (Lipinski definition) is 0. The fourth-order valence-corrected chi connectivity index (χ4v) is 5.12. The Morgan fingerprint density at radius 1 is 1.16 bits per heavy atom. The van der Waals surface area contributed by atoms with Crippen molar-refractivity contribution in [3.8, 4) is 5.75 Å². The summed E-state index contributed by atoms with van der Waals surface area (Å²) in [5, 5.41) is 0. The molecule has 2 aliphatic carbocycles. The van der Waals surface area contributed by atoms with Gasteiger partial charge in [0.25, 0.3) is 5.91 Å². The van der Waals surface area contributed by atoms with Gasteiger partial charge in [0, 0.05) is 19.1 Å². The van der Waals surface area contributed by atoms with E-state index in [1.807, 2.05) is 18.0 Å². The van der Waals surface area contributed by atoms with E-state index in [2.05, 4.69) is 35.0 Å². The van der Waals surface area contributed by atoms with Crippen molar-refractivity contribution in [3.63, 3.8) is 0 Å². The van der Waals surface area contributed by atoms with Gasteiger partial charge in [-0.2, -0.15) is 0 Å². The lowest BCUT2D eigenvalue weighted by atomic mass is 9.99. The van der Waals surface area contributed by atoms with Crippen molar-refractivity contribution in [2.75, 3.05) is 26.7 Å². The smallest absolute Gasteiger partial charge is 0.272 e. The number of amides is 1. The standard InChI is InChI=1S/C26H33N3O2/c1-3-29-12-4-5-25(29)20-9-8-19-14-22(15-21(19)13-20)28(2)26(30)24-11-10-23(16-27-24)31-17-18-6-7-18/h8-11,13,16,18,22,25H,3-7,12,14-15,17H2,1-2H3/t22-,25?/m1/s1. The molecule has 2 atom stereocenters. The van der Waals surface area contributed by atoms with Crippen molar-refractivity contribution < 1.29 is 9.53 Å². The number of carbonyl (C=O) groups is 1. The summed E-state index contributed by atoms with van der Waals surface area (Å²) in [5.41, 5.74) is 4.71. The maximum absolute atomic E-state index is 13.0. The summed E-state index contributed by atoms with van der Waals surface area (Å²) >= 11 is 0. The van der Waals surface area contributed by atoms with Crippen molar-refractivity contribution in [3.05, 3.63) is 58.9 Å². The molecule has 1 saturated heterocycles. The van der Waals surface area contributed by atoms with Gasteiger partial charge in [0.15, 0.2) is 0 Å². The zero-order valence-corrected chi connectivity index (χ0v) is 18.7. The highest BCUT2D eigenvalue weighted by Gasteiger charge is 2.31. The molecule has 0 radical (unpaired) electrons. The Morgan fingerprint density at radius 2 is 2.00 bits per heavy atom. The van der Waals surface area contributed by atoms with Crippen LogP contribution in [-0.4, -0.2) is 53.5 Å². The second-order valence-electron chi connectivity index (χ2n) is 9.43. The van der Waals surface area contributed by atoms with E-state index >= 15 is 0 Å². The molecule has 0 N–H and O–H groups in total. The minimum absolute atomic E-state index is 0.0141. The van der Waals surface area contributed by atoms with Gasteiger partial charge in [-0.3, -0.25) is 9.69 Å². The van der Waals surface area contributed by atoms with Crippen LogP contribution in [0.2, 0.25) is 0 Å². The molecule has 2 fully saturated rings. The van der Waals surface area contributed by atoms with Crippen molar-refractivity contribution in [2.24, 2.45) is 5.92 Å². The molecule has 5 heteroatoms. The third-order valence-corrected chi connectivity index (χ3v) is 7.30. The summed E-state index contributed by atoms with van der Waals surface area (Å²) in [4.78, 5) is 21.9. The topological polar surface area (TPSA) is 45.7 Å². The molecule has 2 aromatic rings. The van der Waals surface area contributed by atoms with E-state index in [1.54, 1.807) is 12.3 Å². The molecule has 164 valence electrons. The average Bonchev–Trinajstić information content (AvgIpc) is 3.33. The third kappa shape index (κ3) is 4.33. The lowest BCUT2D eigenvalue weighted by molar-refractivity contribution is 0.0731. The van der Waals surface area contributed by atoms with Gasteiger partial charge in [0.05, 0.1) is 12.8 Å². The first-order valence-electron chi connectivity index (χ1n) is 11.8. The van der Waals surface area contributed by atoms with Gasteiger partial charge < -0.3 is 9.64 Å². The molecule has 5 nitrogen and oxygen atoms in total. The van der Waals surface area contributed by atoms with Crippen molar-refractivity contribution in [1.29, 1.82) is 0 Å². The largest absolute Gasteiger partial charge is 0.492 e. The summed E-state index contributed by atoms with van der Waals surface area (Å²) in [7, 11) is 1.91. The summed E-state index contributed by atoms with van der Waals surface area (Å²) in [6, 6.07) is 11.4. The highest BCUT2D eigenvalue weighted by molar-refractivity contribution is 5.92. The fourth-order valence-electron chi connectivity index (χ4n) is 5.12. The molecule has 1 saturated carbocycles. The monoisotopic (exact) mass is 419 g/mol. The number of likely N-dealkylation sites (N-methyl/N-ethyl adjacent to an activating group) is 1. The number of aromatic nitrogens is 1. The Morgan fingerprint density at radius 3 is 2.74 bits per heavy atom. The molecule has 1 unspecified atom stereocenters. The van der Waals surface area contributed by atoms with Crippen LogP contribution >= 0.6 is 0 Å². The lowest BCUT2D eigenvalue weighted by Gasteiger charge is -2.24. The summed E-state index contributed by atoms with van der Waals surface area (Å²) in [6.45, 7) is 5.32. The Hall–Kier alpha value is -2.40. The predicted molar refractivity (Wildman–Crippen MR) is 121 cm³/mol. The van der Waals surface area contributed by atoms with E-state index in [9.17, 15) is 4.79 Å². The van der Waals surface area contributed by atoms with Crippen LogP contribution in [0.4, 0.5) is 0 Å². The van der Waals surface area contributed by atoms with Gasteiger partial charge in [0.2, 0.25) is 0 Å². The van der Waals surface area contributed by atoms with Crippen LogP contribution in [0.1, 0.15) is 65.8 Å². The van der Waals surface area contributed by atoms with E-state index in [4.69, 9.17) is 4.74 Å². The summed E-state index contributed by atoms with van der Waals surface area (Å²) in [5.74, 6) is 1.44. The normalized spacial score (nSPS) is 23.0. The average molecular weight is 420 g/mol. The first kappa shape index (κ1) is 20.5. The van der Waals surface area contributed by atoms with Gasteiger partial charge in [-0.1, -0.05) is 25.1 Å². The van der Waals surface area contributed by atoms with E-state index in [1.165, 1.54) is 48.9 Å². The van der Waals surface area contributed by atoms with Crippen molar-refractivity contribution >= 4 is 5.91 Å². The molecule has 0 bridgehead atoms. The van der Waals surface area contributed by atoms with Crippen LogP contribution in [0.3, 0.4) is 0 Å². The molecule has 1 aliphatic heterocycles. The Bertz CT molecular complexity index is 938. The van der Waals surface area contributed by atoms with E-state index in [0.29, 0.717) is 17.7 Å². The molecule has 1 aromatic carbocycles. The Balaban J connectivity index is 1.23. The number of hydrogen-bond acceptors (Lipinski definition) is 4. The predicted octanol–water partition coefficient (Wildman–Crippen LogP) is 4.27. The highest BCUT2D eigenvalue weighted by Crippen LogP contribution is 2.35. The van der Waals surface area contributed by atoms with Gasteiger partial charge >= 0.3 is 0 Å². The fraction of sp³-hybridized carbons (Fsp3) is 0.538. The summed E-state index contributed by atoms with van der Waals surface area (Å²) < 4.78 is 5.75. The molecular weight excluding hydrogens is 386 g/mol. The molecule has 3 aliphatic rings. The minimum Gasteiger partial charge on any atom is -0.492 e. The van der Waals surface area contributed by atoms with Crippen LogP contribution in [0.25, 0.3) is 0 Å². The first-order valence-corrected chi connectivity index (χ1v) is 11.8. The van der Waals surface area contributed by atoms with Crippen LogP contribution in [0, 0.1) is 5.92 Å². The van der Waals surface area contributed by atoms with Gasteiger partial charge in [0.1, 0.15) is 11.4 Å². The molecule has 31 heavy (non-hydrogen) atoms. The zero-order valence-electron chi connectivity index (χ0n) is 18.7. The maximum atomic E-state index is 13.0. The Kier molecular flexibility index (Phi) is 5.70. The second kappa shape index (κ2) is 8.62. The number of nitrogens with zero attached hydrogens (tertiary/aromatic N) is 3. The molecule has 1 amide bonds. The van der Waals surface area contributed by atoms with Crippen LogP contribution in [0.5, 0.6) is 5.75 Å². The summed E-state index contributed by atoms with van der Waals surface area (Å²) in [6.07, 6.45) is 8.58. The first-order chi connectivity index (χ1) is 15.1. The molecular formula is C26H33N3O2. The van der Waals surface area contributed by atoms with Crippen molar-refractivity contribution in [1.82, 2.24) is 14.8 Å². The number of ether oxygens (including phenoxy) is 1. The third-order valence-electron chi connectivity index (χ3n) is 7.30. The van der Waals surface area contributed by atoms with E-state index in [-0.39, 0.29) is 11.9 Å². The molecule has 0 spiro atoms. The minimum atomic E-state index is -0.0141. The number of rotatable bonds is 7. The highest BCUT2D eigenvalue weighted by atomic mass is 16.5. The lowest BCUT2D eigenvalue weighted by Crippen LogP contribution is -2.38. The van der Waals surface area contributed by atoms with Crippen LogP contribution in [-0.2, 0) is 12.8 Å². The SMILES string of the molecule is CCN1CCCC1c1ccc2c(c1)C[C@H](N(C)C(=O)c1ccc(OCC3CC3)cn1)C2. The van der Waals surface area contributed by atoms with E-state index < -0.39 is 0 Å². The molecule has 2 heterocycles. The number of fused-ring (bicyclic) bond motifs is 1. The number of likely N-dealkylation sites (tertiary alicyclic amines) is 1. The van der Waals surface area contributed by atoms with E-state index in [0.717, 1.165) is 31.7 Å². The van der Waals surface area contributed by atoms with Crippen molar-refractivity contribution in [2.45, 2.75) is 57.5 Å². The molecule has 5 rings (SSSR count). The number of carbonyl (C=O) groups excluding carboxylic acids is 1. The van der Waals surface area contributed by atoms with Crippen LogP contribution in [0.15, 0.2) is 36.5 Å². The zero-order chi connectivity index (χ0) is 21.4. The number of pyridine rings is 1. The van der Waals surface area contributed by atoms with Crippen LogP contribution < -0.4 is 4.74 Å². The second-order valence-corrected chi connectivity index (χ2v) is 9.43. The Labute approximate surface area is 185 Å². The maximum Gasteiger partial charge on any atom is 0.272 e. The van der Waals surface area contributed by atoms with Gasteiger partial charge in [-0.05, 0) is 86.4 Å². The van der Waals surface area contributed by atoms with Gasteiger partial charge in [-0.25, -0.2) is 4.98 Å². The number of benzene rings is 1. The van der Waals surface area contributed by atoms with Gasteiger partial charge in [-0.15, -0.1) is 0 Å². The quantitative estimate of drug-likeness (QED) is 0.673.